The van der Waals surface area contributed by atoms with Gasteiger partial charge < -0.3 is 15.6 Å². The largest absolute Gasteiger partial charge is 0.505 e. The van der Waals surface area contributed by atoms with Crippen LogP contribution >= 0.6 is 23.2 Å². The SMILES string of the molecule is COC(=O)C(N)Cc1cc(Cl)c(O)c(Cl)c1. The van der Waals surface area contributed by atoms with Gasteiger partial charge in [0.1, 0.15) is 6.04 Å². The van der Waals surface area contributed by atoms with Crippen molar-refractivity contribution in [3.8, 4) is 5.75 Å². The van der Waals surface area contributed by atoms with Crippen LogP contribution in [-0.2, 0) is 16.0 Å². The molecule has 1 unspecified atom stereocenters. The van der Waals surface area contributed by atoms with E-state index in [0.717, 1.165) is 0 Å². The third-order valence-electron chi connectivity index (χ3n) is 2.04. The van der Waals surface area contributed by atoms with Crippen LogP contribution in [0.2, 0.25) is 10.0 Å². The van der Waals surface area contributed by atoms with Crippen molar-refractivity contribution in [2.45, 2.75) is 12.5 Å². The molecule has 0 heterocycles. The van der Waals surface area contributed by atoms with Crippen molar-refractivity contribution >= 4 is 29.2 Å². The van der Waals surface area contributed by atoms with Crippen LogP contribution in [0.5, 0.6) is 5.75 Å². The van der Waals surface area contributed by atoms with Gasteiger partial charge in [-0.2, -0.15) is 0 Å². The molecule has 0 fully saturated rings. The lowest BCUT2D eigenvalue weighted by atomic mass is 10.1. The number of nitrogens with two attached hydrogens (primary N) is 1. The Bertz CT molecular complexity index is 386. The van der Waals surface area contributed by atoms with E-state index < -0.39 is 12.0 Å². The number of ether oxygens (including phenoxy) is 1. The summed E-state index contributed by atoms with van der Waals surface area (Å²) < 4.78 is 4.49. The third-order valence-corrected chi connectivity index (χ3v) is 2.61. The van der Waals surface area contributed by atoms with Crippen molar-refractivity contribution in [3.63, 3.8) is 0 Å². The lowest BCUT2D eigenvalue weighted by molar-refractivity contribution is -0.142. The number of esters is 1. The Labute approximate surface area is 103 Å². The lowest BCUT2D eigenvalue weighted by Crippen LogP contribution is -2.33. The Morgan fingerprint density at radius 3 is 2.44 bits per heavy atom. The number of hydrogen-bond donors (Lipinski definition) is 2. The summed E-state index contributed by atoms with van der Waals surface area (Å²) in [6.07, 6.45) is 0.242. The molecule has 4 nitrogen and oxygen atoms in total. The molecule has 0 spiro atoms. The van der Waals surface area contributed by atoms with Gasteiger partial charge in [0, 0.05) is 0 Å². The van der Waals surface area contributed by atoms with Gasteiger partial charge in [-0.05, 0) is 24.1 Å². The highest BCUT2D eigenvalue weighted by atomic mass is 35.5. The van der Waals surface area contributed by atoms with Crippen LogP contribution in [-0.4, -0.2) is 24.2 Å². The second-order valence-electron chi connectivity index (χ2n) is 3.24. The highest BCUT2D eigenvalue weighted by Gasteiger charge is 2.16. The van der Waals surface area contributed by atoms with Gasteiger partial charge in [-0.25, -0.2) is 0 Å². The number of carbonyl (C=O) groups is 1. The lowest BCUT2D eigenvalue weighted by Gasteiger charge is -2.10. The second kappa shape index (κ2) is 5.39. The first-order valence-corrected chi connectivity index (χ1v) is 5.21. The summed E-state index contributed by atoms with van der Waals surface area (Å²) in [6, 6.07) is 2.23. The number of hydrogen-bond acceptors (Lipinski definition) is 4. The third kappa shape index (κ3) is 3.01. The fourth-order valence-corrected chi connectivity index (χ4v) is 1.76. The van der Waals surface area contributed by atoms with Crippen LogP contribution in [0.1, 0.15) is 5.56 Å². The standard InChI is InChI=1S/C10H11Cl2NO3/c1-16-10(15)8(13)4-5-2-6(11)9(14)7(12)3-5/h2-3,8,14H,4,13H2,1H3. The molecule has 3 N–H and O–H groups in total. The molecule has 0 bridgehead atoms. The molecule has 1 aromatic carbocycles. The van der Waals surface area contributed by atoms with Gasteiger partial charge in [-0.15, -0.1) is 0 Å². The monoisotopic (exact) mass is 263 g/mol. The first kappa shape index (κ1) is 13.1. The molecule has 1 atom stereocenters. The molecule has 6 heteroatoms. The van der Waals surface area contributed by atoms with Crippen LogP contribution in [0.15, 0.2) is 12.1 Å². The van der Waals surface area contributed by atoms with E-state index in [2.05, 4.69) is 4.74 Å². The molecule has 0 saturated heterocycles. The molecule has 0 aromatic heterocycles. The fraction of sp³-hybridized carbons (Fsp3) is 0.300. The molecule has 0 aliphatic heterocycles. The van der Waals surface area contributed by atoms with Gasteiger partial charge in [-0.3, -0.25) is 4.79 Å². The summed E-state index contributed by atoms with van der Waals surface area (Å²) in [5, 5.41) is 9.58. The molecule has 0 amide bonds. The van der Waals surface area contributed by atoms with E-state index in [1.165, 1.54) is 19.2 Å². The minimum atomic E-state index is -0.776. The molecule has 0 saturated carbocycles. The zero-order chi connectivity index (χ0) is 12.3. The normalized spacial score (nSPS) is 12.2. The van der Waals surface area contributed by atoms with Crippen LogP contribution in [0.4, 0.5) is 0 Å². The van der Waals surface area contributed by atoms with Crippen molar-refractivity contribution < 1.29 is 14.6 Å². The number of methoxy groups -OCH3 is 1. The average molecular weight is 264 g/mol. The Balaban J connectivity index is 2.86. The van der Waals surface area contributed by atoms with E-state index in [-0.39, 0.29) is 22.2 Å². The number of phenolic OH excluding ortho intramolecular Hbond substituents is 1. The minimum Gasteiger partial charge on any atom is -0.505 e. The smallest absolute Gasteiger partial charge is 0.322 e. The summed E-state index contributed by atoms with van der Waals surface area (Å²) in [5.74, 6) is -0.695. The average Bonchev–Trinajstić information content (AvgIpc) is 2.24. The van der Waals surface area contributed by atoms with E-state index in [0.29, 0.717) is 5.56 Å². The molecule has 0 radical (unpaired) electrons. The molecule has 0 aliphatic rings. The maximum Gasteiger partial charge on any atom is 0.322 e. The zero-order valence-corrected chi connectivity index (χ0v) is 10.0. The predicted molar refractivity (Wildman–Crippen MR) is 61.8 cm³/mol. The highest BCUT2D eigenvalue weighted by molar-refractivity contribution is 6.37. The van der Waals surface area contributed by atoms with Gasteiger partial charge in [0.05, 0.1) is 17.2 Å². The molecule has 16 heavy (non-hydrogen) atoms. The van der Waals surface area contributed by atoms with E-state index in [1.54, 1.807) is 0 Å². The Hall–Kier alpha value is -0.970. The van der Waals surface area contributed by atoms with Crippen LogP contribution in [0, 0.1) is 0 Å². The fourth-order valence-electron chi connectivity index (χ4n) is 1.22. The predicted octanol–water partition coefficient (Wildman–Crippen LogP) is 1.74. The van der Waals surface area contributed by atoms with E-state index in [9.17, 15) is 9.90 Å². The number of aromatic hydroxyl groups is 1. The van der Waals surface area contributed by atoms with Crippen molar-refractivity contribution in [3.05, 3.63) is 27.7 Å². The first-order chi connectivity index (χ1) is 7.45. The molecular formula is C10H11Cl2NO3. The summed E-state index contributed by atoms with van der Waals surface area (Å²) >= 11 is 11.4. The van der Waals surface area contributed by atoms with E-state index in [4.69, 9.17) is 28.9 Å². The van der Waals surface area contributed by atoms with Crippen LogP contribution in [0.3, 0.4) is 0 Å². The topological polar surface area (TPSA) is 72.5 Å². The quantitative estimate of drug-likeness (QED) is 0.815. The van der Waals surface area contributed by atoms with Crippen LogP contribution in [0.25, 0.3) is 0 Å². The van der Waals surface area contributed by atoms with Gasteiger partial charge in [0.25, 0.3) is 0 Å². The number of phenols is 1. The Morgan fingerprint density at radius 1 is 1.50 bits per heavy atom. The van der Waals surface area contributed by atoms with Crippen molar-refractivity contribution in [1.29, 1.82) is 0 Å². The first-order valence-electron chi connectivity index (χ1n) is 4.46. The second-order valence-corrected chi connectivity index (χ2v) is 4.06. The summed E-state index contributed by atoms with van der Waals surface area (Å²) in [6.45, 7) is 0. The zero-order valence-electron chi connectivity index (χ0n) is 8.54. The maximum absolute atomic E-state index is 11.1. The Morgan fingerprint density at radius 2 is 2.00 bits per heavy atom. The van der Waals surface area contributed by atoms with Crippen molar-refractivity contribution in [1.82, 2.24) is 0 Å². The van der Waals surface area contributed by atoms with Crippen molar-refractivity contribution in [2.24, 2.45) is 5.73 Å². The van der Waals surface area contributed by atoms with Crippen molar-refractivity contribution in [2.75, 3.05) is 7.11 Å². The van der Waals surface area contributed by atoms with Gasteiger partial charge in [0.15, 0.2) is 5.75 Å². The molecule has 1 aromatic rings. The van der Waals surface area contributed by atoms with Gasteiger partial charge in [-0.1, -0.05) is 23.2 Å². The van der Waals surface area contributed by atoms with E-state index in [1.807, 2.05) is 0 Å². The number of rotatable bonds is 3. The molecular weight excluding hydrogens is 253 g/mol. The number of benzene rings is 1. The number of halogens is 2. The highest BCUT2D eigenvalue weighted by Crippen LogP contribution is 2.32. The van der Waals surface area contributed by atoms with Gasteiger partial charge >= 0.3 is 5.97 Å². The Kier molecular flexibility index (Phi) is 4.41. The molecule has 1 rings (SSSR count). The number of carbonyl (C=O) groups excluding carboxylic acids is 1. The summed E-state index contributed by atoms with van der Waals surface area (Å²) in [5.41, 5.74) is 6.23. The maximum atomic E-state index is 11.1. The summed E-state index contributed by atoms with van der Waals surface area (Å²) in [4.78, 5) is 11.1. The minimum absolute atomic E-state index is 0.125. The van der Waals surface area contributed by atoms with E-state index >= 15 is 0 Å². The van der Waals surface area contributed by atoms with Gasteiger partial charge in [0.2, 0.25) is 0 Å². The molecule has 0 aliphatic carbocycles. The molecule has 88 valence electrons. The van der Waals surface area contributed by atoms with Crippen LogP contribution < -0.4 is 5.73 Å². The summed E-state index contributed by atoms with van der Waals surface area (Å²) in [7, 11) is 1.26.